The number of nitrogens with two attached hydrogens (primary N) is 1. The van der Waals surface area contributed by atoms with Crippen LogP contribution in [0.4, 0.5) is 5.69 Å². The van der Waals surface area contributed by atoms with E-state index in [0.717, 1.165) is 22.2 Å². The highest BCUT2D eigenvalue weighted by Gasteiger charge is 1.98. The minimum atomic E-state index is 0.752. The molecule has 0 atom stereocenters. The Kier molecular flexibility index (Phi) is 3.19. The van der Waals surface area contributed by atoms with Gasteiger partial charge in [-0.15, -0.1) is 11.8 Å². The quantitative estimate of drug-likeness (QED) is 0.802. The highest BCUT2D eigenvalue weighted by atomic mass is 32.2. The molecule has 15 heavy (non-hydrogen) atoms. The third-order valence-corrected chi connectivity index (χ3v) is 2.82. The highest BCUT2D eigenvalue weighted by molar-refractivity contribution is 7.98. The summed E-state index contributed by atoms with van der Waals surface area (Å²) in [7, 11) is 0. The van der Waals surface area contributed by atoms with E-state index in [1.54, 1.807) is 30.2 Å². The van der Waals surface area contributed by atoms with Crippen molar-refractivity contribution in [2.24, 2.45) is 0 Å². The Balaban J connectivity index is 1.99. The molecule has 0 aliphatic carbocycles. The van der Waals surface area contributed by atoms with Gasteiger partial charge >= 0.3 is 0 Å². The largest absolute Gasteiger partial charge is 0.399 e. The van der Waals surface area contributed by atoms with Gasteiger partial charge in [0.2, 0.25) is 0 Å². The van der Waals surface area contributed by atoms with E-state index in [0.29, 0.717) is 0 Å². The molecule has 0 fully saturated rings. The fraction of sp³-hybridized carbons (Fsp3) is 0.0909. The molecule has 4 heteroatoms. The van der Waals surface area contributed by atoms with Crippen LogP contribution < -0.4 is 5.73 Å². The number of anilines is 1. The molecular weight excluding hydrogens is 206 g/mol. The molecule has 2 rings (SSSR count). The van der Waals surface area contributed by atoms with Crippen molar-refractivity contribution in [3.63, 3.8) is 0 Å². The first-order valence-corrected chi connectivity index (χ1v) is 5.57. The van der Waals surface area contributed by atoms with Gasteiger partial charge in [0.25, 0.3) is 0 Å². The molecule has 0 saturated carbocycles. The molecule has 0 saturated heterocycles. The van der Waals surface area contributed by atoms with E-state index in [1.165, 1.54) is 0 Å². The highest BCUT2D eigenvalue weighted by Crippen LogP contribution is 2.19. The van der Waals surface area contributed by atoms with Crippen LogP contribution in [0.3, 0.4) is 0 Å². The lowest BCUT2D eigenvalue weighted by Crippen LogP contribution is -1.91. The number of pyridine rings is 2. The number of thioether (sulfide) groups is 1. The molecule has 0 aliphatic heterocycles. The van der Waals surface area contributed by atoms with Crippen molar-refractivity contribution in [1.82, 2.24) is 9.97 Å². The van der Waals surface area contributed by atoms with Crippen molar-refractivity contribution < 1.29 is 0 Å². The van der Waals surface area contributed by atoms with Crippen molar-refractivity contribution >= 4 is 17.4 Å². The maximum Gasteiger partial charge on any atom is 0.0963 e. The number of nitrogens with zero attached hydrogens (tertiary/aromatic N) is 2. The Hall–Kier alpha value is -1.55. The van der Waals surface area contributed by atoms with Gasteiger partial charge < -0.3 is 5.73 Å². The molecule has 0 aliphatic rings. The standard InChI is InChI=1S/C11H11N3S/c12-9-4-6-13-10(7-9)8-15-11-3-1-2-5-14-11/h1-7H,8H2,(H2,12,13). The fourth-order valence-electron chi connectivity index (χ4n) is 1.16. The summed E-state index contributed by atoms with van der Waals surface area (Å²) in [5, 5.41) is 1.00. The summed E-state index contributed by atoms with van der Waals surface area (Å²) in [6, 6.07) is 9.53. The van der Waals surface area contributed by atoms with E-state index in [-0.39, 0.29) is 0 Å². The summed E-state index contributed by atoms with van der Waals surface area (Å²) in [4.78, 5) is 8.45. The molecule has 0 amide bonds. The van der Waals surface area contributed by atoms with Crippen molar-refractivity contribution in [1.29, 1.82) is 0 Å². The molecule has 0 spiro atoms. The summed E-state index contributed by atoms with van der Waals surface area (Å²) in [6.45, 7) is 0. The fourth-order valence-corrected chi connectivity index (χ4v) is 1.92. The molecule has 0 aromatic carbocycles. The molecule has 76 valence electrons. The van der Waals surface area contributed by atoms with Gasteiger partial charge in [0.15, 0.2) is 0 Å². The van der Waals surface area contributed by atoms with Crippen LogP contribution in [-0.4, -0.2) is 9.97 Å². The van der Waals surface area contributed by atoms with E-state index in [9.17, 15) is 0 Å². The zero-order valence-corrected chi connectivity index (χ0v) is 8.95. The van der Waals surface area contributed by atoms with Crippen molar-refractivity contribution in [2.45, 2.75) is 10.8 Å². The molecule has 0 radical (unpaired) electrons. The van der Waals surface area contributed by atoms with Gasteiger partial charge in [-0.2, -0.15) is 0 Å². The number of hydrogen-bond donors (Lipinski definition) is 1. The zero-order valence-electron chi connectivity index (χ0n) is 8.13. The smallest absolute Gasteiger partial charge is 0.0963 e. The molecule has 2 aromatic heterocycles. The summed E-state index contributed by atoms with van der Waals surface area (Å²) in [5.41, 5.74) is 7.39. The molecule has 0 unspecified atom stereocenters. The minimum Gasteiger partial charge on any atom is -0.399 e. The van der Waals surface area contributed by atoms with Gasteiger partial charge in [0.1, 0.15) is 0 Å². The Morgan fingerprint density at radius 2 is 2.07 bits per heavy atom. The lowest BCUT2D eigenvalue weighted by atomic mass is 10.3. The van der Waals surface area contributed by atoms with Crippen LogP contribution in [0.5, 0.6) is 0 Å². The van der Waals surface area contributed by atoms with Crippen LogP contribution in [-0.2, 0) is 5.75 Å². The van der Waals surface area contributed by atoms with Crippen LogP contribution in [0.1, 0.15) is 5.69 Å². The van der Waals surface area contributed by atoms with Crippen molar-refractivity contribution in [2.75, 3.05) is 5.73 Å². The molecule has 2 heterocycles. The Morgan fingerprint density at radius 3 is 2.80 bits per heavy atom. The summed E-state index contributed by atoms with van der Waals surface area (Å²) >= 11 is 1.65. The van der Waals surface area contributed by atoms with Crippen molar-refractivity contribution in [3.8, 4) is 0 Å². The molecule has 2 N–H and O–H groups in total. The third kappa shape index (κ3) is 2.95. The van der Waals surface area contributed by atoms with Crippen LogP contribution in [0.25, 0.3) is 0 Å². The topological polar surface area (TPSA) is 51.8 Å². The molecular formula is C11H11N3S. The molecule has 2 aromatic rings. The average molecular weight is 217 g/mol. The first-order chi connectivity index (χ1) is 7.34. The second kappa shape index (κ2) is 4.79. The van der Waals surface area contributed by atoms with Crippen LogP contribution in [0, 0.1) is 0 Å². The first-order valence-electron chi connectivity index (χ1n) is 4.59. The van der Waals surface area contributed by atoms with Gasteiger partial charge in [-0.25, -0.2) is 4.98 Å². The van der Waals surface area contributed by atoms with Gasteiger partial charge in [-0.1, -0.05) is 6.07 Å². The van der Waals surface area contributed by atoms with Gasteiger partial charge in [-0.3, -0.25) is 4.98 Å². The van der Waals surface area contributed by atoms with Crippen LogP contribution >= 0.6 is 11.8 Å². The summed E-state index contributed by atoms with van der Waals surface area (Å²) in [6.07, 6.45) is 3.51. The number of aromatic nitrogens is 2. The van der Waals surface area contributed by atoms with Crippen molar-refractivity contribution in [3.05, 3.63) is 48.4 Å². The minimum absolute atomic E-state index is 0.752. The van der Waals surface area contributed by atoms with Gasteiger partial charge in [-0.05, 0) is 24.3 Å². The van der Waals surface area contributed by atoms with E-state index >= 15 is 0 Å². The third-order valence-electron chi connectivity index (χ3n) is 1.85. The van der Waals surface area contributed by atoms with E-state index in [2.05, 4.69) is 9.97 Å². The molecule has 0 bridgehead atoms. The number of nitrogen functional groups attached to an aromatic ring is 1. The Bertz CT molecular complexity index is 431. The Labute approximate surface area is 92.8 Å². The van der Waals surface area contributed by atoms with E-state index in [1.807, 2.05) is 24.3 Å². The van der Waals surface area contributed by atoms with E-state index in [4.69, 9.17) is 5.73 Å². The maximum absolute atomic E-state index is 5.66. The lowest BCUT2D eigenvalue weighted by Gasteiger charge is -2.00. The monoisotopic (exact) mass is 217 g/mol. The number of rotatable bonds is 3. The maximum atomic E-state index is 5.66. The summed E-state index contributed by atoms with van der Waals surface area (Å²) in [5.74, 6) is 0.794. The lowest BCUT2D eigenvalue weighted by molar-refractivity contribution is 1.12. The zero-order chi connectivity index (χ0) is 10.5. The first kappa shape index (κ1) is 9.98. The van der Waals surface area contributed by atoms with Crippen LogP contribution in [0.15, 0.2) is 47.8 Å². The predicted octanol–water partition coefficient (Wildman–Crippen LogP) is 2.35. The normalized spacial score (nSPS) is 10.1. The SMILES string of the molecule is Nc1ccnc(CSc2ccccn2)c1. The van der Waals surface area contributed by atoms with Gasteiger partial charge in [0, 0.05) is 23.8 Å². The van der Waals surface area contributed by atoms with Crippen LogP contribution in [0.2, 0.25) is 0 Å². The number of hydrogen-bond acceptors (Lipinski definition) is 4. The predicted molar refractivity (Wildman–Crippen MR) is 62.4 cm³/mol. The second-order valence-corrected chi connectivity index (χ2v) is 4.03. The average Bonchev–Trinajstić information content (AvgIpc) is 2.28. The second-order valence-electron chi connectivity index (χ2n) is 3.04. The molecule has 3 nitrogen and oxygen atoms in total. The van der Waals surface area contributed by atoms with Gasteiger partial charge in [0.05, 0.1) is 10.7 Å². The van der Waals surface area contributed by atoms with E-state index < -0.39 is 0 Å². The Morgan fingerprint density at radius 1 is 1.13 bits per heavy atom. The summed E-state index contributed by atoms with van der Waals surface area (Å²) < 4.78 is 0.